The third kappa shape index (κ3) is 0.999. The maximum atomic E-state index is 10.9. The van der Waals surface area contributed by atoms with Crippen LogP contribution in [0.2, 0.25) is 0 Å². The molecule has 1 aliphatic carbocycles. The van der Waals surface area contributed by atoms with Crippen molar-refractivity contribution in [3.8, 4) is 5.75 Å². The van der Waals surface area contributed by atoms with E-state index in [9.17, 15) is 4.79 Å². The van der Waals surface area contributed by atoms with Gasteiger partial charge in [-0.2, -0.15) is 0 Å². The van der Waals surface area contributed by atoms with Crippen LogP contribution in [0.3, 0.4) is 0 Å². The lowest BCUT2D eigenvalue weighted by Gasteiger charge is -2.08. The van der Waals surface area contributed by atoms with Crippen molar-refractivity contribution in [3.05, 3.63) is 29.3 Å². The van der Waals surface area contributed by atoms with Crippen LogP contribution in [0.1, 0.15) is 24.0 Å². The Labute approximate surface area is 82.9 Å². The summed E-state index contributed by atoms with van der Waals surface area (Å²) in [5.41, 5.74) is 2.24. The van der Waals surface area contributed by atoms with Gasteiger partial charge in [0.15, 0.2) is 0 Å². The molecule has 2 aliphatic rings. The monoisotopic (exact) mass is 188 g/mol. The Bertz CT molecular complexity index is 391. The standard InChI is InChI=1S/C12H12O2/c13-8-12(4-5-12)10-2-1-9-3-6-14-11(9)7-10/h1-2,7-8H,3-6H2. The maximum Gasteiger partial charge on any atom is 0.130 e. The maximum absolute atomic E-state index is 10.9. The molecule has 1 saturated carbocycles. The van der Waals surface area contributed by atoms with Crippen LogP contribution in [0.4, 0.5) is 0 Å². The normalized spacial score (nSPS) is 21.1. The van der Waals surface area contributed by atoms with Crippen molar-refractivity contribution in [2.45, 2.75) is 24.7 Å². The molecule has 0 unspecified atom stereocenters. The predicted molar refractivity (Wildman–Crippen MR) is 52.6 cm³/mol. The zero-order valence-corrected chi connectivity index (χ0v) is 7.95. The average Bonchev–Trinajstić information content (AvgIpc) is 2.89. The summed E-state index contributed by atoms with van der Waals surface area (Å²) in [6.45, 7) is 0.785. The highest BCUT2D eigenvalue weighted by Gasteiger charge is 2.44. The fourth-order valence-electron chi connectivity index (χ4n) is 2.09. The molecular weight excluding hydrogens is 176 g/mol. The molecule has 1 aromatic carbocycles. The van der Waals surface area contributed by atoms with E-state index in [2.05, 4.69) is 12.1 Å². The Kier molecular flexibility index (Phi) is 1.49. The molecule has 0 N–H and O–H groups in total. The van der Waals surface area contributed by atoms with Crippen molar-refractivity contribution in [3.63, 3.8) is 0 Å². The number of carbonyl (C=O) groups excluding carboxylic acids is 1. The molecule has 0 amide bonds. The highest BCUT2D eigenvalue weighted by atomic mass is 16.5. The first kappa shape index (κ1) is 8.04. The Balaban J connectivity index is 2.04. The van der Waals surface area contributed by atoms with Crippen LogP contribution in [-0.2, 0) is 16.6 Å². The van der Waals surface area contributed by atoms with Crippen molar-refractivity contribution in [1.29, 1.82) is 0 Å². The number of benzene rings is 1. The van der Waals surface area contributed by atoms with Crippen molar-refractivity contribution < 1.29 is 9.53 Å². The van der Waals surface area contributed by atoms with Gasteiger partial charge in [0.2, 0.25) is 0 Å². The number of carbonyl (C=O) groups is 1. The summed E-state index contributed by atoms with van der Waals surface area (Å²) in [5.74, 6) is 0.982. The molecule has 72 valence electrons. The quantitative estimate of drug-likeness (QED) is 0.662. The van der Waals surface area contributed by atoms with Crippen LogP contribution in [0.25, 0.3) is 0 Å². The average molecular weight is 188 g/mol. The Morgan fingerprint density at radius 1 is 1.36 bits per heavy atom. The number of hydrogen-bond acceptors (Lipinski definition) is 2. The Morgan fingerprint density at radius 2 is 2.21 bits per heavy atom. The largest absolute Gasteiger partial charge is 0.493 e. The number of hydrogen-bond donors (Lipinski definition) is 0. The van der Waals surface area contributed by atoms with E-state index in [-0.39, 0.29) is 5.41 Å². The summed E-state index contributed by atoms with van der Waals surface area (Å²) in [5, 5.41) is 0. The second kappa shape index (κ2) is 2.59. The zero-order valence-electron chi connectivity index (χ0n) is 7.95. The molecule has 1 aromatic rings. The third-order valence-corrected chi connectivity index (χ3v) is 3.29. The van der Waals surface area contributed by atoms with E-state index in [1.165, 1.54) is 5.56 Å². The summed E-state index contributed by atoms with van der Waals surface area (Å²) >= 11 is 0. The Hall–Kier alpha value is -1.31. The van der Waals surface area contributed by atoms with E-state index >= 15 is 0 Å². The van der Waals surface area contributed by atoms with Gasteiger partial charge >= 0.3 is 0 Å². The van der Waals surface area contributed by atoms with Crippen molar-refractivity contribution in [2.75, 3.05) is 6.61 Å². The first-order chi connectivity index (χ1) is 6.84. The molecule has 3 rings (SSSR count). The van der Waals surface area contributed by atoms with Gasteiger partial charge in [-0.25, -0.2) is 0 Å². The third-order valence-electron chi connectivity index (χ3n) is 3.29. The van der Waals surface area contributed by atoms with E-state index in [1.807, 2.05) is 6.07 Å². The van der Waals surface area contributed by atoms with E-state index in [0.29, 0.717) is 0 Å². The zero-order chi connectivity index (χ0) is 9.60. The van der Waals surface area contributed by atoms with Crippen LogP contribution in [0.15, 0.2) is 18.2 Å². The van der Waals surface area contributed by atoms with E-state index in [0.717, 1.165) is 43.5 Å². The van der Waals surface area contributed by atoms with Crippen molar-refractivity contribution in [1.82, 2.24) is 0 Å². The molecule has 0 spiro atoms. The van der Waals surface area contributed by atoms with Gasteiger partial charge in [-0.15, -0.1) is 0 Å². The summed E-state index contributed by atoms with van der Waals surface area (Å²) in [6.07, 6.45) is 4.08. The molecule has 0 radical (unpaired) electrons. The summed E-state index contributed by atoms with van der Waals surface area (Å²) in [6, 6.07) is 6.22. The molecule has 0 atom stereocenters. The van der Waals surface area contributed by atoms with Gasteiger partial charge in [0, 0.05) is 6.42 Å². The minimum Gasteiger partial charge on any atom is -0.493 e. The highest BCUT2D eigenvalue weighted by Crippen LogP contribution is 2.47. The fraction of sp³-hybridized carbons (Fsp3) is 0.417. The van der Waals surface area contributed by atoms with Crippen LogP contribution in [0.5, 0.6) is 5.75 Å². The van der Waals surface area contributed by atoms with E-state index in [4.69, 9.17) is 4.74 Å². The van der Waals surface area contributed by atoms with Gasteiger partial charge in [-0.1, -0.05) is 12.1 Å². The molecular formula is C12H12O2. The van der Waals surface area contributed by atoms with E-state index < -0.39 is 0 Å². The molecule has 0 aromatic heterocycles. The Morgan fingerprint density at radius 3 is 2.93 bits per heavy atom. The van der Waals surface area contributed by atoms with Crippen LogP contribution >= 0.6 is 0 Å². The van der Waals surface area contributed by atoms with Crippen LogP contribution < -0.4 is 4.74 Å². The SMILES string of the molecule is O=CC1(c2ccc3c(c2)OCC3)CC1. The lowest BCUT2D eigenvalue weighted by Crippen LogP contribution is -2.07. The summed E-state index contributed by atoms with van der Waals surface area (Å²) < 4.78 is 5.49. The van der Waals surface area contributed by atoms with Crippen molar-refractivity contribution in [2.24, 2.45) is 0 Å². The van der Waals surface area contributed by atoms with Gasteiger partial charge in [0.25, 0.3) is 0 Å². The second-order valence-electron chi connectivity index (χ2n) is 4.19. The molecule has 1 heterocycles. The number of rotatable bonds is 2. The lowest BCUT2D eigenvalue weighted by molar-refractivity contribution is -0.109. The van der Waals surface area contributed by atoms with Crippen molar-refractivity contribution >= 4 is 6.29 Å². The van der Waals surface area contributed by atoms with Gasteiger partial charge in [-0.05, 0) is 30.0 Å². The predicted octanol–water partition coefficient (Wildman–Crippen LogP) is 1.85. The van der Waals surface area contributed by atoms with Gasteiger partial charge < -0.3 is 9.53 Å². The molecule has 2 nitrogen and oxygen atoms in total. The molecule has 2 heteroatoms. The van der Waals surface area contributed by atoms with Gasteiger partial charge in [-0.3, -0.25) is 0 Å². The number of ether oxygens (including phenoxy) is 1. The molecule has 14 heavy (non-hydrogen) atoms. The highest BCUT2D eigenvalue weighted by molar-refractivity contribution is 5.73. The lowest BCUT2D eigenvalue weighted by atomic mass is 9.96. The molecule has 0 bridgehead atoms. The fourth-order valence-corrected chi connectivity index (χ4v) is 2.09. The van der Waals surface area contributed by atoms with Gasteiger partial charge in [0.1, 0.15) is 12.0 Å². The summed E-state index contributed by atoms with van der Waals surface area (Å²) in [4.78, 5) is 10.9. The smallest absolute Gasteiger partial charge is 0.130 e. The van der Waals surface area contributed by atoms with Crippen LogP contribution in [-0.4, -0.2) is 12.9 Å². The minimum absolute atomic E-state index is 0.166. The topological polar surface area (TPSA) is 26.3 Å². The number of aldehydes is 1. The van der Waals surface area contributed by atoms with Crippen LogP contribution in [0, 0.1) is 0 Å². The first-order valence-electron chi connectivity index (χ1n) is 5.07. The molecule has 0 saturated heterocycles. The molecule has 1 aliphatic heterocycles. The van der Waals surface area contributed by atoms with E-state index in [1.54, 1.807) is 0 Å². The van der Waals surface area contributed by atoms with Gasteiger partial charge in [0.05, 0.1) is 12.0 Å². The number of fused-ring (bicyclic) bond motifs is 1. The minimum atomic E-state index is -0.166. The second-order valence-corrected chi connectivity index (χ2v) is 4.19. The molecule has 1 fully saturated rings. The first-order valence-corrected chi connectivity index (χ1v) is 5.07. The summed E-state index contributed by atoms with van der Waals surface area (Å²) in [7, 11) is 0.